The van der Waals surface area contributed by atoms with E-state index >= 15 is 0 Å². The molecule has 0 radical (unpaired) electrons. The lowest BCUT2D eigenvalue weighted by molar-refractivity contribution is 0.661. The quantitative estimate of drug-likeness (QED) is 0.195. The van der Waals surface area contributed by atoms with Crippen LogP contribution in [0.1, 0.15) is 49.9 Å². The standard InChI is InChI=1S/C42H32N2/c1-41(2)33-15-7-5-13-25(33)27-21-29-31(23-35(27)41)40(38-18-10-12-20-44-38)32-24-36-28(26-14-6-8-16-34(26)42(36,3)4)22-30(32)39(29)37-17-9-11-19-43-37/h5-24H,1-4H3. The second kappa shape index (κ2) is 8.74. The number of rotatable bonds is 2. The smallest absolute Gasteiger partial charge is 0.0714 e. The molecule has 2 aromatic heterocycles. The fourth-order valence-corrected chi connectivity index (χ4v) is 8.19. The third-order valence-electron chi connectivity index (χ3n) is 10.4. The lowest BCUT2D eigenvalue weighted by Gasteiger charge is -2.25. The Kier molecular flexibility index (Phi) is 5.05. The molecule has 0 saturated heterocycles. The molecule has 2 aliphatic rings. The first-order valence-electron chi connectivity index (χ1n) is 15.5. The Hall–Kier alpha value is -5.08. The highest BCUT2D eigenvalue weighted by atomic mass is 14.7. The van der Waals surface area contributed by atoms with Crippen molar-refractivity contribution < 1.29 is 0 Å². The van der Waals surface area contributed by atoms with E-state index < -0.39 is 0 Å². The molecule has 0 unspecified atom stereocenters. The minimum atomic E-state index is -0.108. The lowest BCUT2D eigenvalue weighted by Crippen LogP contribution is -2.15. The highest BCUT2D eigenvalue weighted by Gasteiger charge is 2.38. The monoisotopic (exact) mass is 564 g/mol. The van der Waals surface area contributed by atoms with E-state index in [1.54, 1.807) is 0 Å². The van der Waals surface area contributed by atoms with Crippen LogP contribution in [0.15, 0.2) is 122 Å². The Morgan fingerprint density at radius 2 is 0.773 bits per heavy atom. The summed E-state index contributed by atoms with van der Waals surface area (Å²) in [5, 5.41) is 4.89. The van der Waals surface area contributed by atoms with E-state index in [0.717, 1.165) is 11.4 Å². The van der Waals surface area contributed by atoms with Crippen molar-refractivity contribution in [1.29, 1.82) is 0 Å². The predicted molar refractivity (Wildman–Crippen MR) is 183 cm³/mol. The molecular formula is C42H32N2. The van der Waals surface area contributed by atoms with E-state index in [1.807, 2.05) is 24.5 Å². The summed E-state index contributed by atoms with van der Waals surface area (Å²) in [4.78, 5) is 9.94. The molecule has 0 spiro atoms. The summed E-state index contributed by atoms with van der Waals surface area (Å²) < 4.78 is 0. The average Bonchev–Trinajstić information content (AvgIpc) is 3.41. The number of nitrogens with zero attached hydrogens (tertiary/aromatic N) is 2. The van der Waals surface area contributed by atoms with Crippen molar-refractivity contribution in [3.05, 3.63) is 144 Å². The van der Waals surface area contributed by atoms with Crippen LogP contribution in [-0.2, 0) is 10.8 Å². The van der Waals surface area contributed by atoms with Gasteiger partial charge in [0.2, 0.25) is 0 Å². The van der Waals surface area contributed by atoms with Crippen LogP contribution in [0.5, 0.6) is 0 Å². The van der Waals surface area contributed by atoms with E-state index in [-0.39, 0.29) is 10.8 Å². The van der Waals surface area contributed by atoms with Crippen LogP contribution in [0, 0.1) is 0 Å². The van der Waals surface area contributed by atoms with Crippen LogP contribution in [0.2, 0.25) is 0 Å². The number of fused-ring (bicyclic) bond motifs is 8. The van der Waals surface area contributed by atoms with Crippen LogP contribution in [-0.4, -0.2) is 9.97 Å². The SMILES string of the molecule is CC1(C)c2ccccc2-c2cc3c(-c4ccccn4)c4cc5c(cc4c(-c4ccccn4)c3cc21)C(C)(C)c1ccccc1-5. The fourth-order valence-electron chi connectivity index (χ4n) is 8.19. The second-order valence-electron chi connectivity index (χ2n) is 13.4. The largest absolute Gasteiger partial charge is 0.256 e. The number of benzene rings is 5. The zero-order valence-electron chi connectivity index (χ0n) is 25.4. The van der Waals surface area contributed by atoms with Gasteiger partial charge in [-0.05, 0) is 115 Å². The molecule has 7 aromatic rings. The summed E-state index contributed by atoms with van der Waals surface area (Å²) in [7, 11) is 0. The molecule has 0 amide bonds. The summed E-state index contributed by atoms with van der Waals surface area (Å²) in [5.74, 6) is 0. The van der Waals surface area contributed by atoms with Crippen LogP contribution in [0.3, 0.4) is 0 Å². The molecule has 44 heavy (non-hydrogen) atoms. The minimum absolute atomic E-state index is 0.108. The Labute approximate surface area is 258 Å². The number of aromatic nitrogens is 2. The van der Waals surface area contributed by atoms with Gasteiger partial charge < -0.3 is 0 Å². The van der Waals surface area contributed by atoms with E-state index in [0.29, 0.717) is 0 Å². The zero-order valence-corrected chi connectivity index (χ0v) is 25.4. The fraction of sp³-hybridized carbons (Fsp3) is 0.143. The Bertz CT molecular complexity index is 2190. The van der Waals surface area contributed by atoms with Gasteiger partial charge in [0.25, 0.3) is 0 Å². The zero-order chi connectivity index (χ0) is 29.8. The van der Waals surface area contributed by atoms with Gasteiger partial charge in [-0.15, -0.1) is 0 Å². The normalized spacial score (nSPS) is 15.2. The van der Waals surface area contributed by atoms with Gasteiger partial charge in [0.05, 0.1) is 11.4 Å². The van der Waals surface area contributed by atoms with Crippen LogP contribution >= 0.6 is 0 Å². The van der Waals surface area contributed by atoms with Crippen LogP contribution in [0.25, 0.3) is 66.3 Å². The van der Waals surface area contributed by atoms with Gasteiger partial charge >= 0.3 is 0 Å². The van der Waals surface area contributed by atoms with E-state index in [1.165, 1.54) is 77.2 Å². The first-order valence-corrected chi connectivity index (χ1v) is 15.5. The van der Waals surface area contributed by atoms with Crippen molar-refractivity contribution in [3.8, 4) is 44.8 Å². The third-order valence-corrected chi connectivity index (χ3v) is 10.4. The maximum atomic E-state index is 4.97. The highest BCUT2D eigenvalue weighted by Crippen LogP contribution is 2.55. The molecule has 0 bridgehead atoms. The molecule has 2 heteroatoms. The van der Waals surface area contributed by atoms with E-state index in [2.05, 4.69) is 125 Å². The maximum Gasteiger partial charge on any atom is 0.0714 e. The van der Waals surface area contributed by atoms with Crippen molar-refractivity contribution in [3.63, 3.8) is 0 Å². The van der Waals surface area contributed by atoms with E-state index in [4.69, 9.17) is 9.97 Å². The summed E-state index contributed by atoms with van der Waals surface area (Å²) in [6, 6.07) is 40.2. The highest BCUT2D eigenvalue weighted by molar-refractivity contribution is 6.23. The molecule has 2 nitrogen and oxygen atoms in total. The average molecular weight is 565 g/mol. The Morgan fingerprint density at radius 3 is 1.18 bits per heavy atom. The lowest BCUT2D eigenvalue weighted by atomic mass is 9.78. The number of hydrogen-bond acceptors (Lipinski definition) is 2. The van der Waals surface area contributed by atoms with Crippen molar-refractivity contribution in [1.82, 2.24) is 9.97 Å². The van der Waals surface area contributed by atoms with Crippen molar-refractivity contribution in [2.24, 2.45) is 0 Å². The van der Waals surface area contributed by atoms with E-state index in [9.17, 15) is 0 Å². The van der Waals surface area contributed by atoms with Crippen molar-refractivity contribution in [2.75, 3.05) is 0 Å². The van der Waals surface area contributed by atoms with Gasteiger partial charge in [0, 0.05) is 34.4 Å². The van der Waals surface area contributed by atoms with Crippen molar-refractivity contribution in [2.45, 2.75) is 38.5 Å². The second-order valence-corrected chi connectivity index (χ2v) is 13.4. The summed E-state index contributed by atoms with van der Waals surface area (Å²) >= 11 is 0. The predicted octanol–water partition coefficient (Wildman–Crippen LogP) is 10.7. The van der Waals surface area contributed by atoms with Gasteiger partial charge in [-0.3, -0.25) is 9.97 Å². The summed E-state index contributed by atoms with van der Waals surface area (Å²) in [5.41, 5.74) is 14.9. The first kappa shape index (κ1) is 25.4. The molecule has 0 aliphatic heterocycles. The molecule has 0 atom stereocenters. The molecule has 2 heterocycles. The third kappa shape index (κ3) is 3.26. The van der Waals surface area contributed by atoms with Gasteiger partial charge in [-0.1, -0.05) is 88.4 Å². The van der Waals surface area contributed by atoms with Gasteiger partial charge in [0.15, 0.2) is 0 Å². The Balaban J connectivity index is 1.52. The molecule has 0 saturated carbocycles. The maximum absolute atomic E-state index is 4.97. The first-order chi connectivity index (χ1) is 21.4. The number of hydrogen-bond donors (Lipinski definition) is 0. The molecule has 5 aromatic carbocycles. The van der Waals surface area contributed by atoms with Gasteiger partial charge in [-0.25, -0.2) is 0 Å². The van der Waals surface area contributed by atoms with Crippen LogP contribution in [0.4, 0.5) is 0 Å². The molecule has 210 valence electrons. The Morgan fingerprint density at radius 1 is 0.386 bits per heavy atom. The molecule has 9 rings (SSSR count). The molecular weight excluding hydrogens is 532 g/mol. The van der Waals surface area contributed by atoms with Gasteiger partial charge in [0.1, 0.15) is 0 Å². The minimum Gasteiger partial charge on any atom is -0.256 e. The topological polar surface area (TPSA) is 25.8 Å². The number of pyridine rings is 2. The summed E-state index contributed by atoms with van der Waals surface area (Å²) in [6.45, 7) is 9.43. The van der Waals surface area contributed by atoms with Crippen molar-refractivity contribution >= 4 is 21.5 Å². The van der Waals surface area contributed by atoms with Gasteiger partial charge in [-0.2, -0.15) is 0 Å². The molecule has 0 fully saturated rings. The molecule has 2 aliphatic carbocycles. The van der Waals surface area contributed by atoms with Crippen LogP contribution < -0.4 is 0 Å². The molecule has 0 N–H and O–H groups in total. The summed E-state index contributed by atoms with van der Waals surface area (Å²) in [6.07, 6.45) is 3.83.